The molecular formula is C14H28N4. The van der Waals surface area contributed by atoms with Crippen molar-refractivity contribution in [3.63, 3.8) is 0 Å². The molecule has 1 rings (SSSR count). The van der Waals surface area contributed by atoms with E-state index in [4.69, 9.17) is 11.6 Å². The minimum absolute atomic E-state index is 0.424. The van der Waals surface area contributed by atoms with E-state index in [9.17, 15) is 0 Å². The fraction of sp³-hybridized carbons (Fsp3) is 0.714. The normalized spacial score (nSPS) is 21.9. The van der Waals surface area contributed by atoms with E-state index in [2.05, 4.69) is 24.9 Å². The number of nitrogens with two attached hydrogens (primary N) is 2. The fourth-order valence-electron chi connectivity index (χ4n) is 2.24. The summed E-state index contributed by atoms with van der Waals surface area (Å²) < 4.78 is 0. The van der Waals surface area contributed by atoms with Gasteiger partial charge in [-0.1, -0.05) is 19.1 Å². The largest absolute Gasteiger partial charge is 0.399 e. The van der Waals surface area contributed by atoms with Crippen LogP contribution in [0.4, 0.5) is 0 Å². The molecule has 1 unspecified atom stereocenters. The van der Waals surface area contributed by atoms with Crippen molar-refractivity contribution in [2.45, 2.75) is 32.7 Å². The van der Waals surface area contributed by atoms with Gasteiger partial charge in [0.15, 0.2) is 0 Å². The van der Waals surface area contributed by atoms with Crippen molar-refractivity contribution in [3.8, 4) is 0 Å². The van der Waals surface area contributed by atoms with Crippen molar-refractivity contribution in [1.82, 2.24) is 9.91 Å². The van der Waals surface area contributed by atoms with Gasteiger partial charge in [0.1, 0.15) is 0 Å². The number of hydrogen-bond donors (Lipinski definition) is 2. The van der Waals surface area contributed by atoms with Crippen molar-refractivity contribution >= 4 is 0 Å². The van der Waals surface area contributed by atoms with E-state index < -0.39 is 0 Å². The molecule has 1 aliphatic heterocycles. The predicted molar refractivity (Wildman–Crippen MR) is 77.7 cm³/mol. The molecule has 0 aromatic carbocycles. The highest BCUT2D eigenvalue weighted by atomic mass is 15.4. The highest BCUT2D eigenvalue weighted by Gasteiger charge is 2.21. The molecule has 0 bridgehead atoms. The van der Waals surface area contributed by atoms with Crippen molar-refractivity contribution in [2.24, 2.45) is 17.5 Å². The summed E-state index contributed by atoms with van der Waals surface area (Å²) in [6, 6.07) is 0.524. The fourth-order valence-corrected chi connectivity index (χ4v) is 2.24. The lowest BCUT2D eigenvalue weighted by Crippen LogP contribution is -2.48. The molecule has 0 aromatic rings. The summed E-state index contributed by atoms with van der Waals surface area (Å²) in [4.78, 5) is 2.36. The molecule has 0 aromatic heterocycles. The van der Waals surface area contributed by atoms with E-state index in [1.54, 1.807) is 0 Å². The number of likely N-dealkylation sites (tertiary alicyclic amines) is 1. The van der Waals surface area contributed by atoms with Crippen LogP contribution in [0.15, 0.2) is 23.9 Å². The lowest BCUT2D eigenvalue weighted by Gasteiger charge is -2.35. The number of allylic oxidation sites excluding steroid dienone is 2. The summed E-state index contributed by atoms with van der Waals surface area (Å²) in [7, 11) is 2.17. The first-order chi connectivity index (χ1) is 8.52. The molecule has 1 fully saturated rings. The van der Waals surface area contributed by atoms with Gasteiger partial charge in [0.2, 0.25) is 0 Å². The molecule has 4 nitrogen and oxygen atoms in total. The first kappa shape index (κ1) is 15.2. The Morgan fingerprint density at radius 3 is 2.61 bits per heavy atom. The summed E-state index contributed by atoms with van der Waals surface area (Å²) in [5.74, 6) is 6.59. The quantitative estimate of drug-likeness (QED) is 0.440. The predicted octanol–water partition coefficient (Wildman–Crippen LogP) is 1.31. The smallest absolute Gasteiger partial charge is 0.0267 e. The summed E-state index contributed by atoms with van der Waals surface area (Å²) >= 11 is 0. The third-order valence-corrected chi connectivity index (χ3v) is 3.61. The van der Waals surface area contributed by atoms with E-state index >= 15 is 0 Å². The lowest BCUT2D eigenvalue weighted by molar-refractivity contribution is 0.114. The second-order valence-electron chi connectivity index (χ2n) is 5.36. The van der Waals surface area contributed by atoms with Crippen LogP contribution in [0.5, 0.6) is 0 Å². The van der Waals surface area contributed by atoms with Crippen LogP contribution in [-0.4, -0.2) is 42.6 Å². The topological polar surface area (TPSA) is 58.5 Å². The van der Waals surface area contributed by atoms with Crippen molar-refractivity contribution < 1.29 is 0 Å². The molecule has 1 aliphatic rings. The van der Waals surface area contributed by atoms with Crippen molar-refractivity contribution in [3.05, 3.63) is 23.9 Å². The molecule has 1 atom stereocenters. The van der Waals surface area contributed by atoms with Gasteiger partial charge < -0.3 is 10.6 Å². The van der Waals surface area contributed by atoms with Crippen molar-refractivity contribution in [2.75, 3.05) is 26.7 Å². The van der Waals surface area contributed by atoms with Crippen LogP contribution < -0.4 is 11.6 Å². The summed E-state index contributed by atoms with van der Waals surface area (Å²) in [5, 5.41) is 2.01. The Balaban J connectivity index is 2.35. The maximum Gasteiger partial charge on any atom is 0.0267 e. The van der Waals surface area contributed by atoms with Crippen molar-refractivity contribution in [1.29, 1.82) is 0 Å². The monoisotopic (exact) mass is 252 g/mol. The van der Waals surface area contributed by atoms with Gasteiger partial charge in [-0.2, -0.15) is 0 Å². The molecular weight excluding hydrogens is 224 g/mol. The standard InChI is InChI=1S/C14H28N4/c1-4-13(15)6-5-12(2)11-18(16)14-7-9-17(3)10-8-14/h4-6,12,14H,7-11,15-16H2,1-3H3/b6-5-,13-4+. The van der Waals surface area contributed by atoms with Gasteiger partial charge >= 0.3 is 0 Å². The van der Waals surface area contributed by atoms with Gasteiger partial charge in [-0.3, -0.25) is 5.84 Å². The first-order valence-corrected chi connectivity index (χ1v) is 6.82. The maximum atomic E-state index is 6.17. The molecule has 4 N–H and O–H groups in total. The number of piperidine rings is 1. The molecule has 4 heteroatoms. The zero-order valence-electron chi connectivity index (χ0n) is 12.0. The van der Waals surface area contributed by atoms with Gasteiger partial charge in [0.05, 0.1) is 0 Å². The molecule has 1 saturated heterocycles. The summed E-state index contributed by atoms with van der Waals surface area (Å²) in [5.41, 5.74) is 6.54. The van der Waals surface area contributed by atoms with Gasteiger partial charge in [-0.05, 0) is 51.9 Å². The van der Waals surface area contributed by atoms with E-state index in [1.165, 1.54) is 12.8 Å². The minimum atomic E-state index is 0.424. The third-order valence-electron chi connectivity index (χ3n) is 3.61. The Labute approximate surface area is 111 Å². The van der Waals surface area contributed by atoms with Gasteiger partial charge in [0.25, 0.3) is 0 Å². The Bertz CT molecular complexity index is 290. The summed E-state index contributed by atoms with van der Waals surface area (Å²) in [6.45, 7) is 7.30. The Morgan fingerprint density at radius 1 is 1.44 bits per heavy atom. The number of hydrazine groups is 1. The number of nitrogens with zero attached hydrogens (tertiary/aromatic N) is 2. The van der Waals surface area contributed by atoms with Crippen LogP contribution >= 0.6 is 0 Å². The van der Waals surface area contributed by atoms with Crippen LogP contribution in [0.2, 0.25) is 0 Å². The Kier molecular flexibility index (Phi) is 6.39. The van der Waals surface area contributed by atoms with Crippen LogP contribution in [0.25, 0.3) is 0 Å². The molecule has 0 radical (unpaired) electrons. The minimum Gasteiger partial charge on any atom is -0.399 e. The third kappa shape index (κ3) is 5.21. The van der Waals surface area contributed by atoms with Gasteiger partial charge in [0, 0.05) is 18.3 Å². The van der Waals surface area contributed by atoms with Gasteiger partial charge in [-0.15, -0.1) is 0 Å². The first-order valence-electron chi connectivity index (χ1n) is 6.82. The lowest BCUT2D eigenvalue weighted by atomic mass is 10.0. The van der Waals surface area contributed by atoms with Crippen LogP contribution in [0, 0.1) is 5.92 Å². The zero-order valence-corrected chi connectivity index (χ0v) is 12.0. The van der Waals surface area contributed by atoms with Crippen LogP contribution in [0.3, 0.4) is 0 Å². The summed E-state index contributed by atoms with van der Waals surface area (Å²) in [6.07, 6.45) is 8.33. The average Bonchev–Trinajstić information content (AvgIpc) is 2.36. The highest BCUT2D eigenvalue weighted by Crippen LogP contribution is 2.14. The van der Waals surface area contributed by atoms with Crippen LogP contribution in [-0.2, 0) is 0 Å². The maximum absolute atomic E-state index is 6.17. The zero-order chi connectivity index (χ0) is 13.5. The number of rotatable bonds is 5. The molecule has 0 spiro atoms. The molecule has 104 valence electrons. The Hall–Kier alpha value is -0.840. The van der Waals surface area contributed by atoms with E-state index in [0.717, 1.165) is 25.3 Å². The SMILES string of the molecule is C/C=C(N)\C=C/C(C)CN(N)C1CCN(C)CC1. The second-order valence-corrected chi connectivity index (χ2v) is 5.36. The van der Waals surface area contributed by atoms with Crippen LogP contribution in [0.1, 0.15) is 26.7 Å². The van der Waals surface area contributed by atoms with E-state index in [1.807, 2.05) is 24.1 Å². The molecule has 0 aliphatic carbocycles. The molecule has 0 amide bonds. The van der Waals surface area contributed by atoms with Gasteiger partial charge in [-0.25, -0.2) is 5.01 Å². The second kappa shape index (κ2) is 7.56. The van der Waals surface area contributed by atoms with E-state index in [-0.39, 0.29) is 0 Å². The number of hydrogen-bond acceptors (Lipinski definition) is 4. The molecule has 1 heterocycles. The van der Waals surface area contributed by atoms with E-state index in [0.29, 0.717) is 12.0 Å². The molecule has 0 saturated carbocycles. The molecule has 18 heavy (non-hydrogen) atoms. The average molecular weight is 252 g/mol. The Morgan fingerprint density at radius 2 is 2.06 bits per heavy atom. The highest BCUT2D eigenvalue weighted by molar-refractivity contribution is 5.14.